The molecule has 110 valence electrons. The normalized spacial score (nSPS) is 22.9. The summed E-state index contributed by atoms with van der Waals surface area (Å²) in [5, 5.41) is 0. The Morgan fingerprint density at radius 1 is 1.25 bits per heavy atom. The van der Waals surface area contributed by atoms with E-state index in [1.54, 1.807) is 0 Å². The Morgan fingerprint density at radius 2 is 1.95 bits per heavy atom. The average molecular weight is 274 g/mol. The lowest BCUT2D eigenvalue weighted by Gasteiger charge is -2.39. The van der Waals surface area contributed by atoms with Crippen LogP contribution in [0.25, 0.3) is 0 Å². The second-order valence-electron chi connectivity index (χ2n) is 7.12. The van der Waals surface area contributed by atoms with Gasteiger partial charge in [0.15, 0.2) is 5.78 Å². The van der Waals surface area contributed by atoms with Crippen molar-refractivity contribution in [2.75, 3.05) is 20.1 Å². The number of piperidine rings is 1. The highest BCUT2D eigenvalue weighted by molar-refractivity contribution is 5.98. The minimum Gasteiger partial charge on any atom is -0.348 e. The van der Waals surface area contributed by atoms with E-state index in [1.165, 1.54) is 37.3 Å². The zero-order valence-corrected chi connectivity index (χ0v) is 13.0. The van der Waals surface area contributed by atoms with Crippen LogP contribution in [0.3, 0.4) is 0 Å². The lowest BCUT2D eigenvalue weighted by Crippen LogP contribution is -2.39. The van der Waals surface area contributed by atoms with Crippen LogP contribution >= 0.6 is 0 Å². The van der Waals surface area contributed by atoms with Gasteiger partial charge in [0.25, 0.3) is 0 Å². The molecule has 0 saturated carbocycles. The Balaban J connectivity index is 1.86. The SMILES string of the molecule is Cc1cc2c(n1CC1(C)CCN(C)CC1)CCCC2=O. The largest absolute Gasteiger partial charge is 0.348 e. The molecule has 3 rings (SSSR count). The number of carbonyl (C=O) groups excluding carboxylic acids is 1. The summed E-state index contributed by atoms with van der Waals surface area (Å²) in [5.74, 6) is 0.349. The maximum Gasteiger partial charge on any atom is 0.164 e. The number of fused-ring (bicyclic) bond motifs is 1. The zero-order valence-electron chi connectivity index (χ0n) is 13.0. The molecule has 3 nitrogen and oxygen atoms in total. The summed E-state index contributed by atoms with van der Waals surface area (Å²) in [6.45, 7) is 8.03. The van der Waals surface area contributed by atoms with E-state index in [9.17, 15) is 4.79 Å². The van der Waals surface area contributed by atoms with Crippen LogP contribution in [0, 0.1) is 12.3 Å². The predicted octanol–water partition coefficient (Wildman–Crippen LogP) is 3.05. The molecule has 0 atom stereocenters. The lowest BCUT2D eigenvalue weighted by molar-refractivity contribution is 0.0968. The van der Waals surface area contributed by atoms with Crippen LogP contribution in [0.5, 0.6) is 0 Å². The molecule has 0 aromatic carbocycles. The van der Waals surface area contributed by atoms with E-state index in [0.717, 1.165) is 31.4 Å². The van der Waals surface area contributed by atoms with Crippen LogP contribution in [0.4, 0.5) is 0 Å². The molecule has 1 aromatic rings. The summed E-state index contributed by atoms with van der Waals surface area (Å²) in [7, 11) is 2.21. The van der Waals surface area contributed by atoms with Crippen molar-refractivity contribution in [2.45, 2.75) is 52.5 Å². The van der Waals surface area contributed by atoms with Gasteiger partial charge in [-0.15, -0.1) is 0 Å². The molecule has 0 amide bonds. The highest BCUT2D eigenvalue weighted by Gasteiger charge is 2.31. The fourth-order valence-electron chi connectivity index (χ4n) is 3.71. The first-order valence-corrected chi connectivity index (χ1v) is 7.89. The number of hydrogen-bond donors (Lipinski definition) is 0. The number of carbonyl (C=O) groups is 1. The molecular formula is C17H26N2O. The molecule has 0 N–H and O–H groups in total. The molecule has 0 bridgehead atoms. The van der Waals surface area contributed by atoms with Crippen LogP contribution in [0.1, 0.15) is 54.4 Å². The number of rotatable bonds is 2. The molecular weight excluding hydrogens is 248 g/mol. The van der Waals surface area contributed by atoms with Crippen LogP contribution in [0.15, 0.2) is 6.07 Å². The van der Waals surface area contributed by atoms with Crippen molar-refractivity contribution < 1.29 is 4.79 Å². The second-order valence-corrected chi connectivity index (χ2v) is 7.12. The van der Waals surface area contributed by atoms with E-state index in [4.69, 9.17) is 0 Å². The van der Waals surface area contributed by atoms with Crippen molar-refractivity contribution in [3.63, 3.8) is 0 Å². The standard InChI is InChI=1S/C17H26N2O/c1-13-11-14-15(5-4-6-16(14)20)19(13)12-17(2)7-9-18(3)10-8-17/h11H,4-10,12H2,1-3H3. The quantitative estimate of drug-likeness (QED) is 0.828. The van der Waals surface area contributed by atoms with Crippen LogP contribution in [-0.4, -0.2) is 35.4 Å². The smallest absolute Gasteiger partial charge is 0.164 e. The van der Waals surface area contributed by atoms with Gasteiger partial charge in [0.1, 0.15) is 0 Å². The zero-order chi connectivity index (χ0) is 14.3. The molecule has 1 aliphatic carbocycles. The van der Waals surface area contributed by atoms with Crippen molar-refractivity contribution in [2.24, 2.45) is 5.41 Å². The van der Waals surface area contributed by atoms with Gasteiger partial charge < -0.3 is 9.47 Å². The molecule has 0 spiro atoms. The summed E-state index contributed by atoms with van der Waals surface area (Å²) in [6, 6.07) is 2.12. The third-order valence-electron chi connectivity index (χ3n) is 5.27. The first kappa shape index (κ1) is 13.9. The van der Waals surface area contributed by atoms with Gasteiger partial charge in [-0.3, -0.25) is 4.79 Å². The first-order valence-electron chi connectivity index (χ1n) is 7.89. The molecule has 1 aliphatic heterocycles. The summed E-state index contributed by atoms with van der Waals surface area (Å²) in [5.41, 5.74) is 3.96. The molecule has 1 fully saturated rings. The number of nitrogens with zero attached hydrogens (tertiary/aromatic N) is 2. The number of ketones is 1. The fourth-order valence-corrected chi connectivity index (χ4v) is 3.71. The number of Topliss-reactive ketones (excluding diaryl/α,β-unsaturated/α-hetero) is 1. The molecule has 1 aromatic heterocycles. The third-order valence-corrected chi connectivity index (χ3v) is 5.27. The molecule has 20 heavy (non-hydrogen) atoms. The van der Waals surface area contributed by atoms with Crippen molar-refractivity contribution >= 4 is 5.78 Å². The van der Waals surface area contributed by atoms with Crippen molar-refractivity contribution in [1.29, 1.82) is 0 Å². The van der Waals surface area contributed by atoms with Crippen LogP contribution in [0.2, 0.25) is 0 Å². The van der Waals surface area contributed by atoms with Crippen molar-refractivity contribution in [3.8, 4) is 0 Å². The third kappa shape index (κ3) is 2.44. The maximum atomic E-state index is 12.0. The highest BCUT2D eigenvalue weighted by atomic mass is 16.1. The molecule has 0 radical (unpaired) electrons. The van der Waals surface area contributed by atoms with E-state index in [2.05, 4.69) is 36.4 Å². The minimum atomic E-state index is 0.349. The van der Waals surface area contributed by atoms with Gasteiger partial charge in [-0.1, -0.05) is 6.92 Å². The summed E-state index contributed by atoms with van der Waals surface area (Å²) < 4.78 is 2.44. The number of aromatic nitrogens is 1. The van der Waals surface area contributed by atoms with Gasteiger partial charge in [0, 0.05) is 29.9 Å². The molecule has 2 heterocycles. The van der Waals surface area contributed by atoms with Gasteiger partial charge in [-0.2, -0.15) is 0 Å². The van der Waals surface area contributed by atoms with E-state index in [1.807, 2.05) is 0 Å². The Bertz CT molecular complexity index is 521. The van der Waals surface area contributed by atoms with Gasteiger partial charge >= 0.3 is 0 Å². The van der Waals surface area contributed by atoms with Crippen LogP contribution in [-0.2, 0) is 13.0 Å². The summed E-state index contributed by atoms with van der Waals surface area (Å²) in [4.78, 5) is 14.5. The van der Waals surface area contributed by atoms with Gasteiger partial charge in [0.2, 0.25) is 0 Å². The Hall–Kier alpha value is -1.09. The molecule has 0 unspecified atom stereocenters. The Labute approximate surface area is 122 Å². The highest BCUT2D eigenvalue weighted by Crippen LogP contribution is 2.35. The fraction of sp³-hybridized carbons (Fsp3) is 0.706. The maximum absolute atomic E-state index is 12.0. The minimum absolute atomic E-state index is 0.349. The summed E-state index contributed by atoms with van der Waals surface area (Å²) >= 11 is 0. The summed E-state index contributed by atoms with van der Waals surface area (Å²) in [6.07, 6.45) is 5.34. The molecule has 2 aliphatic rings. The van der Waals surface area contributed by atoms with E-state index in [0.29, 0.717) is 11.2 Å². The van der Waals surface area contributed by atoms with Crippen molar-refractivity contribution in [1.82, 2.24) is 9.47 Å². The van der Waals surface area contributed by atoms with Gasteiger partial charge in [0.05, 0.1) is 0 Å². The first-order chi connectivity index (χ1) is 9.48. The number of likely N-dealkylation sites (tertiary alicyclic amines) is 1. The van der Waals surface area contributed by atoms with E-state index in [-0.39, 0.29) is 0 Å². The van der Waals surface area contributed by atoms with Crippen LogP contribution < -0.4 is 0 Å². The molecule has 3 heteroatoms. The van der Waals surface area contributed by atoms with Gasteiger partial charge in [-0.25, -0.2) is 0 Å². The molecule has 1 saturated heterocycles. The predicted molar refractivity (Wildman–Crippen MR) is 81.3 cm³/mol. The van der Waals surface area contributed by atoms with E-state index < -0.39 is 0 Å². The lowest BCUT2D eigenvalue weighted by atomic mass is 9.80. The monoisotopic (exact) mass is 274 g/mol. The number of hydrogen-bond acceptors (Lipinski definition) is 2. The van der Waals surface area contributed by atoms with E-state index >= 15 is 0 Å². The Kier molecular flexibility index (Phi) is 3.49. The van der Waals surface area contributed by atoms with Gasteiger partial charge in [-0.05, 0) is 64.2 Å². The van der Waals surface area contributed by atoms with Crippen molar-refractivity contribution in [3.05, 3.63) is 23.0 Å². The second kappa shape index (κ2) is 5.03. The average Bonchev–Trinajstić information content (AvgIpc) is 2.72. The topological polar surface area (TPSA) is 25.2 Å². The number of aryl methyl sites for hydroxylation is 1. The Morgan fingerprint density at radius 3 is 2.65 bits per heavy atom.